The van der Waals surface area contributed by atoms with Gasteiger partial charge >= 0.3 is 6.03 Å². The number of carbonyl (C=O) groups excluding carboxylic acids is 1. The molecule has 0 spiro atoms. The lowest BCUT2D eigenvalue weighted by molar-refractivity contribution is 0.252. The average molecular weight is 304 g/mol. The smallest absolute Gasteiger partial charge is 0.319 e. The third-order valence-electron chi connectivity index (χ3n) is 2.84. The van der Waals surface area contributed by atoms with Gasteiger partial charge in [-0.15, -0.1) is 0 Å². The molecule has 2 aromatic rings. The molecule has 21 heavy (non-hydrogen) atoms. The Morgan fingerprint density at radius 2 is 2.00 bits per heavy atom. The lowest BCUT2D eigenvalue weighted by atomic mass is 10.1. The fourth-order valence-electron chi connectivity index (χ4n) is 2.03. The maximum absolute atomic E-state index is 11.8. The lowest BCUT2D eigenvalue weighted by Gasteiger charge is -2.09. The lowest BCUT2D eigenvalue weighted by Crippen LogP contribution is -2.30. The summed E-state index contributed by atoms with van der Waals surface area (Å²) < 4.78 is 5.24. The van der Waals surface area contributed by atoms with Crippen LogP contribution in [0.25, 0.3) is 0 Å². The van der Waals surface area contributed by atoms with Crippen molar-refractivity contribution in [2.24, 2.45) is 0 Å². The second-order valence-corrected chi connectivity index (χ2v) is 5.99. The summed E-state index contributed by atoms with van der Waals surface area (Å²) in [4.78, 5) is 11.8. The first-order chi connectivity index (χ1) is 10.1. The summed E-state index contributed by atoms with van der Waals surface area (Å²) in [7, 11) is 0. The molecule has 0 unspecified atom stereocenters. The van der Waals surface area contributed by atoms with E-state index in [9.17, 15) is 4.79 Å². The van der Waals surface area contributed by atoms with Crippen molar-refractivity contribution < 1.29 is 9.21 Å². The van der Waals surface area contributed by atoms with Crippen LogP contribution in [-0.4, -0.2) is 18.3 Å². The van der Waals surface area contributed by atoms with Crippen LogP contribution in [0.3, 0.4) is 0 Å². The Labute approximate surface area is 129 Å². The summed E-state index contributed by atoms with van der Waals surface area (Å²) in [6.45, 7) is 4.66. The molecule has 0 saturated carbocycles. The zero-order valence-corrected chi connectivity index (χ0v) is 13.1. The van der Waals surface area contributed by atoms with Crippen LogP contribution in [0, 0.1) is 13.8 Å². The quantitative estimate of drug-likeness (QED) is 0.794. The fraction of sp³-hybridized carbons (Fsp3) is 0.312. The van der Waals surface area contributed by atoms with Gasteiger partial charge in [-0.25, -0.2) is 4.79 Å². The van der Waals surface area contributed by atoms with Crippen molar-refractivity contribution in [2.75, 3.05) is 17.6 Å². The van der Waals surface area contributed by atoms with Gasteiger partial charge < -0.3 is 15.1 Å². The van der Waals surface area contributed by atoms with Gasteiger partial charge in [-0.2, -0.15) is 11.8 Å². The molecule has 1 aromatic heterocycles. The normalized spacial score (nSPS) is 10.4. The number of rotatable bonds is 6. The van der Waals surface area contributed by atoms with E-state index in [-0.39, 0.29) is 6.03 Å². The van der Waals surface area contributed by atoms with Crippen LogP contribution in [0.15, 0.2) is 41.0 Å². The van der Waals surface area contributed by atoms with Gasteiger partial charge in [0.1, 0.15) is 5.76 Å². The SMILES string of the molecule is Cc1cc(C)cc(NC(=O)NCCSCc2ccco2)c1. The van der Waals surface area contributed by atoms with Crippen LogP contribution < -0.4 is 10.6 Å². The van der Waals surface area contributed by atoms with Crippen LogP contribution in [0.2, 0.25) is 0 Å². The number of thioether (sulfide) groups is 1. The standard InChI is InChI=1S/C16H20N2O2S/c1-12-8-13(2)10-14(9-12)18-16(19)17-5-7-21-11-15-4-3-6-20-15/h3-4,6,8-10H,5,7,11H2,1-2H3,(H2,17,18,19). The highest BCUT2D eigenvalue weighted by molar-refractivity contribution is 7.98. The predicted octanol–water partition coefficient (Wildman–Crippen LogP) is 3.95. The number of hydrogen-bond donors (Lipinski definition) is 2. The maximum Gasteiger partial charge on any atom is 0.319 e. The molecule has 2 amide bonds. The number of hydrogen-bond acceptors (Lipinski definition) is 3. The number of aryl methyl sites for hydroxylation is 2. The molecule has 0 atom stereocenters. The molecule has 0 bridgehead atoms. The van der Waals surface area contributed by atoms with Crippen LogP contribution >= 0.6 is 11.8 Å². The third kappa shape index (κ3) is 5.55. The summed E-state index contributed by atoms with van der Waals surface area (Å²) in [5, 5.41) is 5.70. The van der Waals surface area contributed by atoms with Gasteiger partial charge in [0.2, 0.25) is 0 Å². The zero-order valence-electron chi connectivity index (χ0n) is 12.3. The van der Waals surface area contributed by atoms with Crippen LogP contribution in [0.4, 0.5) is 10.5 Å². The van der Waals surface area contributed by atoms with E-state index in [2.05, 4.69) is 16.7 Å². The molecule has 0 saturated heterocycles. The fourth-order valence-corrected chi connectivity index (χ4v) is 2.78. The Morgan fingerprint density at radius 3 is 2.67 bits per heavy atom. The highest BCUT2D eigenvalue weighted by Crippen LogP contribution is 2.14. The second kappa shape index (κ2) is 7.78. The van der Waals surface area contributed by atoms with E-state index in [1.165, 1.54) is 0 Å². The summed E-state index contributed by atoms with van der Waals surface area (Å²) in [6, 6.07) is 9.65. The Hall–Kier alpha value is -1.88. The van der Waals surface area contributed by atoms with E-state index in [4.69, 9.17) is 4.42 Å². The van der Waals surface area contributed by atoms with E-state index < -0.39 is 0 Å². The molecule has 1 heterocycles. The minimum Gasteiger partial charge on any atom is -0.468 e. The number of anilines is 1. The molecule has 1 aromatic carbocycles. The number of furan rings is 1. The highest BCUT2D eigenvalue weighted by Gasteiger charge is 2.02. The molecule has 112 valence electrons. The molecule has 0 aliphatic carbocycles. The molecule has 2 rings (SSSR count). The molecular formula is C16H20N2O2S. The molecule has 0 radical (unpaired) electrons. The van der Waals surface area contributed by atoms with Crippen molar-refractivity contribution in [1.29, 1.82) is 0 Å². The van der Waals surface area contributed by atoms with Crippen molar-refractivity contribution in [3.63, 3.8) is 0 Å². The van der Waals surface area contributed by atoms with Crippen LogP contribution in [0.5, 0.6) is 0 Å². The maximum atomic E-state index is 11.8. The minimum atomic E-state index is -0.168. The van der Waals surface area contributed by atoms with Crippen molar-refractivity contribution in [3.05, 3.63) is 53.5 Å². The molecule has 0 fully saturated rings. The van der Waals surface area contributed by atoms with Crippen molar-refractivity contribution in [2.45, 2.75) is 19.6 Å². The van der Waals surface area contributed by atoms with E-state index >= 15 is 0 Å². The topological polar surface area (TPSA) is 54.3 Å². The molecule has 0 aliphatic heterocycles. The molecule has 5 heteroatoms. The van der Waals surface area contributed by atoms with Crippen LogP contribution in [0.1, 0.15) is 16.9 Å². The van der Waals surface area contributed by atoms with E-state index in [0.717, 1.165) is 34.1 Å². The van der Waals surface area contributed by atoms with Gasteiger partial charge in [-0.1, -0.05) is 6.07 Å². The number of nitrogens with one attached hydrogen (secondary N) is 2. The molecule has 4 nitrogen and oxygen atoms in total. The van der Waals surface area contributed by atoms with Crippen molar-refractivity contribution in [1.82, 2.24) is 5.32 Å². The first kappa shape index (κ1) is 15.5. The minimum absolute atomic E-state index is 0.168. The zero-order chi connectivity index (χ0) is 15.1. The number of amides is 2. The largest absolute Gasteiger partial charge is 0.468 e. The Morgan fingerprint density at radius 1 is 1.24 bits per heavy atom. The Balaban J connectivity index is 1.65. The van der Waals surface area contributed by atoms with Crippen molar-refractivity contribution >= 4 is 23.5 Å². The van der Waals surface area contributed by atoms with Gasteiger partial charge in [0.05, 0.1) is 12.0 Å². The second-order valence-electron chi connectivity index (χ2n) is 4.89. The predicted molar refractivity (Wildman–Crippen MR) is 87.8 cm³/mol. The number of urea groups is 1. The summed E-state index contributed by atoms with van der Waals surface area (Å²) in [5.41, 5.74) is 3.10. The van der Waals surface area contributed by atoms with E-state index in [0.29, 0.717) is 6.54 Å². The first-order valence-electron chi connectivity index (χ1n) is 6.87. The van der Waals surface area contributed by atoms with Gasteiger partial charge in [-0.05, 0) is 49.2 Å². The first-order valence-corrected chi connectivity index (χ1v) is 8.02. The van der Waals surface area contributed by atoms with Gasteiger partial charge in [0, 0.05) is 18.0 Å². The van der Waals surface area contributed by atoms with Crippen LogP contribution in [-0.2, 0) is 5.75 Å². The Kier molecular flexibility index (Phi) is 5.75. The molecular weight excluding hydrogens is 284 g/mol. The average Bonchev–Trinajstić information content (AvgIpc) is 2.90. The summed E-state index contributed by atoms with van der Waals surface area (Å²) >= 11 is 1.73. The monoisotopic (exact) mass is 304 g/mol. The summed E-state index contributed by atoms with van der Waals surface area (Å²) in [5.74, 6) is 2.63. The van der Waals surface area contributed by atoms with E-state index in [1.807, 2.05) is 38.1 Å². The molecule has 0 aliphatic rings. The number of benzene rings is 1. The summed E-state index contributed by atoms with van der Waals surface area (Å²) in [6.07, 6.45) is 1.67. The highest BCUT2D eigenvalue weighted by atomic mass is 32.2. The number of carbonyl (C=O) groups is 1. The third-order valence-corrected chi connectivity index (χ3v) is 3.82. The molecule has 2 N–H and O–H groups in total. The van der Waals surface area contributed by atoms with E-state index in [1.54, 1.807) is 18.0 Å². The van der Waals surface area contributed by atoms with Gasteiger partial charge in [-0.3, -0.25) is 0 Å². The van der Waals surface area contributed by atoms with Gasteiger partial charge in [0.25, 0.3) is 0 Å². The van der Waals surface area contributed by atoms with Crippen molar-refractivity contribution in [3.8, 4) is 0 Å². The Bertz CT molecular complexity index is 562. The van der Waals surface area contributed by atoms with Gasteiger partial charge in [0.15, 0.2) is 0 Å².